The molecule has 1 amide bonds. The van der Waals surface area contributed by atoms with Crippen LogP contribution in [0.25, 0.3) is 0 Å². The van der Waals surface area contributed by atoms with Gasteiger partial charge in [-0.2, -0.15) is 5.06 Å². The number of benzene rings is 1. The van der Waals surface area contributed by atoms with E-state index >= 15 is 0 Å². The van der Waals surface area contributed by atoms with Gasteiger partial charge in [0.2, 0.25) is 0 Å². The summed E-state index contributed by atoms with van der Waals surface area (Å²) in [5.41, 5.74) is 2.01. The normalized spacial score (nSPS) is 13.1. The molecule has 0 saturated carbocycles. The van der Waals surface area contributed by atoms with Crippen molar-refractivity contribution in [2.75, 3.05) is 11.6 Å². The molecule has 1 heterocycles. The van der Waals surface area contributed by atoms with E-state index in [9.17, 15) is 9.90 Å². The molecule has 1 aliphatic heterocycles. The van der Waals surface area contributed by atoms with Gasteiger partial charge in [0, 0.05) is 6.20 Å². The van der Waals surface area contributed by atoms with Crippen molar-refractivity contribution in [1.82, 2.24) is 5.06 Å². The first-order valence-corrected chi connectivity index (χ1v) is 7.44. The van der Waals surface area contributed by atoms with Crippen LogP contribution in [0.3, 0.4) is 0 Å². The second-order valence-electron chi connectivity index (χ2n) is 5.07. The molecule has 0 radical (unpaired) electrons. The number of rotatable bonds is 7. The molecule has 0 unspecified atom stereocenters. The number of nitrogens with zero attached hydrogens (tertiary/aromatic N) is 2. The van der Waals surface area contributed by atoms with Crippen LogP contribution >= 0.6 is 0 Å². The third-order valence-corrected chi connectivity index (χ3v) is 3.42. The van der Waals surface area contributed by atoms with Crippen LogP contribution in [0.2, 0.25) is 0 Å². The first kappa shape index (κ1) is 15.4. The van der Waals surface area contributed by atoms with Crippen LogP contribution in [0.5, 0.6) is 0 Å². The van der Waals surface area contributed by atoms with E-state index in [0.717, 1.165) is 48.4 Å². The van der Waals surface area contributed by atoms with Crippen molar-refractivity contribution in [3.05, 3.63) is 42.1 Å². The van der Waals surface area contributed by atoms with Crippen LogP contribution in [-0.4, -0.2) is 22.8 Å². The highest BCUT2D eigenvalue weighted by molar-refractivity contribution is 5.64. The van der Waals surface area contributed by atoms with E-state index in [0.29, 0.717) is 6.54 Å². The Balaban J connectivity index is 1.98. The maximum atomic E-state index is 11.3. The molecule has 1 aromatic carbocycles. The zero-order valence-electron chi connectivity index (χ0n) is 12.4. The van der Waals surface area contributed by atoms with Crippen LogP contribution in [0.15, 0.2) is 36.5 Å². The highest BCUT2D eigenvalue weighted by atomic mass is 16.9. The smallest absolute Gasteiger partial charge is 0.433 e. The zero-order chi connectivity index (χ0) is 15.1. The van der Waals surface area contributed by atoms with Gasteiger partial charge in [0.15, 0.2) is 0 Å². The summed E-state index contributed by atoms with van der Waals surface area (Å²) in [7, 11) is 0. The lowest BCUT2D eigenvalue weighted by Crippen LogP contribution is -2.37. The second-order valence-corrected chi connectivity index (χ2v) is 5.07. The average molecular weight is 290 g/mol. The van der Waals surface area contributed by atoms with Crippen molar-refractivity contribution < 1.29 is 14.8 Å². The Labute approximate surface area is 125 Å². The Hall–Kier alpha value is -2.01. The number of para-hydroxylation sites is 1. The molecular formula is C16H22N2O3. The fourth-order valence-electron chi connectivity index (χ4n) is 2.29. The summed E-state index contributed by atoms with van der Waals surface area (Å²) in [4.78, 5) is 16.8. The van der Waals surface area contributed by atoms with Gasteiger partial charge < -0.3 is 5.11 Å². The number of hydrogen-bond donors (Lipinski definition) is 1. The van der Waals surface area contributed by atoms with Crippen LogP contribution in [0.4, 0.5) is 10.5 Å². The molecule has 0 aliphatic carbocycles. The third kappa shape index (κ3) is 4.23. The van der Waals surface area contributed by atoms with Crippen LogP contribution in [0, 0.1) is 0 Å². The van der Waals surface area contributed by atoms with Gasteiger partial charge in [0.05, 0.1) is 12.2 Å². The SMILES string of the molecule is CCCCCCN(ON1C=CCc2ccccc21)C(=O)O. The summed E-state index contributed by atoms with van der Waals surface area (Å²) in [6.45, 7) is 2.50. The molecule has 2 rings (SSSR count). The van der Waals surface area contributed by atoms with E-state index in [2.05, 4.69) is 6.92 Å². The molecule has 0 saturated heterocycles. The summed E-state index contributed by atoms with van der Waals surface area (Å²) in [5, 5.41) is 11.8. The Morgan fingerprint density at radius 3 is 2.90 bits per heavy atom. The highest BCUT2D eigenvalue weighted by Crippen LogP contribution is 2.26. The van der Waals surface area contributed by atoms with Crippen molar-refractivity contribution in [1.29, 1.82) is 0 Å². The van der Waals surface area contributed by atoms with Gasteiger partial charge in [-0.15, -0.1) is 4.94 Å². The summed E-state index contributed by atoms with van der Waals surface area (Å²) >= 11 is 0. The van der Waals surface area contributed by atoms with E-state index in [1.165, 1.54) is 5.06 Å². The van der Waals surface area contributed by atoms with E-state index in [1.54, 1.807) is 6.20 Å². The molecule has 114 valence electrons. The Morgan fingerprint density at radius 1 is 1.33 bits per heavy atom. The number of allylic oxidation sites excluding steroid dienone is 1. The second kappa shape index (κ2) is 7.69. The Bertz CT molecular complexity index is 502. The standard InChI is InChI=1S/C16H22N2O3/c1-2-3-4-7-12-18(16(19)20)21-17-13-8-10-14-9-5-6-11-15(14)17/h5-6,8-9,11,13H,2-4,7,10,12H2,1H3,(H,19,20). The molecule has 1 aliphatic rings. The summed E-state index contributed by atoms with van der Waals surface area (Å²) in [6.07, 6.45) is 7.54. The predicted octanol–water partition coefficient (Wildman–Crippen LogP) is 3.97. The lowest BCUT2D eigenvalue weighted by molar-refractivity contribution is -0.134. The molecule has 1 aromatic rings. The Morgan fingerprint density at radius 2 is 2.14 bits per heavy atom. The van der Waals surface area contributed by atoms with Crippen molar-refractivity contribution in [3.8, 4) is 0 Å². The summed E-state index contributed by atoms with van der Waals surface area (Å²) in [5.74, 6) is 0. The van der Waals surface area contributed by atoms with E-state index < -0.39 is 6.09 Å². The first-order chi connectivity index (χ1) is 10.2. The number of fused-ring (bicyclic) bond motifs is 1. The molecule has 1 N–H and O–H groups in total. The van der Waals surface area contributed by atoms with Crippen LogP contribution in [0.1, 0.15) is 38.2 Å². The molecule has 21 heavy (non-hydrogen) atoms. The number of unbranched alkanes of at least 4 members (excludes halogenated alkanes) is 3. The first-order valence-electron chi connectivity index (χ1n) is 7.44. The molecule has 0 spiro atoms. The zero-order valence-corrected chi connectivity index (χ0v) is 12.4. The van der Waals surface area contributed by atoms with Crippen molar-refractivity contribution >= 4 is 11.8 Å². The number of hydrogen-bond acceptors (Lipinski definition) is 3. The van der Waals surface area contributed by atoms with Crippen LogP contribution < -0.4 is 5.06 Å². The topological polar surface area (TPSA) is 53.0 Å². The summed E-state index contributed by atoms with van der Waals surface area (Å²) in [6, 6.07) is 7.83. The maximum Gasteiger partial charge on any atom is 0.433 e. The van der Waals surface area contributed by atoms with Gasteiger partial charge in [-0.1, -0.05) is 50.5 Å². The van der Waals surface area contributed by atoms with Crippen LogP contribution in [-0.2, 0) is 11.4 Å². The monoisotopic (exact) mass is 290 g/mol. The van der Waals surface area contributed by atoms with Gasteiger partial charge in [0.25, 0.3) is 0 Å². The number of amides is 1. The van der Waals surface area contributed by atoms with Crippen molar-refractivity contribution in [2.45, 2.75) is 39.0 Å². The number of carbonyl (C=O) groups is 1. The van der Waals surface area contributed by atoms with Gasteiger partial charge in [-0.05, 0) is 24.5 Å². The molecular weight excluding hydrogens is 268 g/mol. The van der Waals surface area contributed by atoms with Gasteiger partial charge >= 0.3 is 6.09 Å². The fraction of sp³-hybridized carbons (Fsp3) is 0.438. The van der Waals surface area contributed by atoms with Crippen molar-refractivity contribution in [3.63, 3.8) is 0 Å². The molecule has 0 fully saturated rings. The van der Waals surface area contributed by atoms with Gasteiger partial charge in [-0.25, -0.2) is 9.86 Å². The maximum absolute atomic E-state index is 11.3. The van der Waals surface area contributed by atoms with E-state index in [1.807, 2.05) is 30.3 Å². The fourth-order valence-corrected chi connectivity index (χ4v) is 2.29. The Kier molecular flexibility index (Phi) is 5.63. The van der Waals surface area contributed by atoms with Crippen molar-refractivity contribution in [2.24, 2.45) is 0 Å². The lowest BCUT2D eigenvalue weighted by atomic mass is 10.1. The largest absolute Gasteiger partial charge is 0.463 e. The van der Waals surface area contributed by atoms with E-state index in [4.69, 9.17) is 4.94 Å². The van der Waals surface area contributed by atoms with Gasteiger partial charge in [0.1, 0.15) is 0 Å². The minimum Gasteiger partial charge on any atom is -0.463 e. The number of anilines is 1. The average Bonchev–Trinajstić information content (AvgIpc) is 2.50. The van der Waals surface area contributed by atoms with E-state index in [-0.39, 0.29) is 0 Å². The summed E-state index contributed by atoms with van der Waals surface area (Å²) < 4.78 is 0. The third-order valence-electron chi connectivity index (χ3n) is 3.42. The minimum atomic E-state index is -1.07. The quantitative estimate of drug-likeness (QED) is 0.610. The molecule has 0 aromatic heterocycles. The molecule has 5 nitrogen and oxygen atoms in total. The predicted molar refractivity (Wildman–Crippen MR) is 81.7 cm³/mol. The molecule has 5 heteroatoms. The number of carboxylic acid groups (broad SMARTS) is 1. The highest BCUT2D eigenvalue weighted by Gasteiger charge is 2.20. The minimum absolute atomic E-state index is 0.377. The molecule has 0 bridgehead atoms. The molecule has 0 atom stereocenters. The number of hydroxylamine groups is 3. The van der Waals surface area contributed by atoms with Gasteiger partial charge in [-0.3, -0.25) is 0 Å². The lowest BCUT2D eigenvalue weighted by Gasteiger charge is -2.29.